The monoisotopic (exact) mass is 308 g/mol. The van der Waals surface area contributed by atoms with Crippen LogP contribution in [-0.2, 0) is 10.2 Å². The summed E-state index contributed by atoms with van der Waals surface area (Å²) in [5.41, 5.74) is 4.03. The molecule has 23 heavy (non-hydrogen) atoms. The average Bonchev–Trinajstić information content (AvgIpc) is 3.03. The molecule has 5 nitrogen and oxygen atoms in total. The first kappa shape index (κ1) is 15.2. The third-order valence-electron chi connectivity index (χ3n) is 4.49. The molecule has 0 saturated heterocycles. The first-order chi connectivity index (χ1) is 11.2. The number of benzene rings is 1. The molecule has 0 bridgehead atoms. The van der Waals surface area contributed by atoms with Crippen molar-refractivity contribution >= 4 is 17.4 Å². The average molecular weight is 308 g/mol. The molecule has 2 heterocycles. The minimum absolute atomic E-state index is 0.100. The van der Waals surface area contributed by atoms with E-state index in [0.717, 1.165) is 35.3 Å². The number of nitrogens with zero attached hydrogens (tertiary/aromatic N) is 2. The number of aromatic nitrogens is 3. The van der Waals surface area contributed by atoms with E-state index in [0.29, 0.717) is 6.54 Å². The van der Waals surface area contributed by atoms with Crippen molar-refractivity contribution in [3.8, 4) is 11.4 Å². The molecule has 1 amide bonds. The lowest BCUT2D eigenvalue weighted by Crippen LogP contribution is -2.34. The van der Waals surface area contributed by atoms with Crippen molar-refractivity contribution < 1.29 is 4.79 Å². The first-order valence-electron chi connectivity index (χ1n) is 7.74. The van der Waals surface area contributed by atoms with Crippen LogP contribution in [0.4, 0.5) is 0 Å². The van der Waals surface area contributed by atoms with Gasteiger partial charge in [0, 0.05) is 29.9 Å². The molecule has 1 aromatic carbocycles. The largest absolute Gasteiger partial charge is 0.358 e. The summed E-state index contributed by atoms with van der Waals surface area (Å²) in [7, 11) is 0. The van der Waals surface area contributed by atoms with Crippen LogP contribution in [0.25, 0.3) is 22.4 Å². The number of hydrogen-bond acceptors (Lipinski definition) is 3. The van der Waals surface area contributed by atoms with E-state index in [1.54, 1.807) is 12.4 Å². The molecule has 0 spiro atoms. The molecule has 0 aliphatic rings. The van der Waals surface area contributed by atoms with Crippen LogP contribution in [0.2, 0.25) is 0 Å². The van der Waals surface area contributed by atoms with Crippen molar-refractivity contribution in [2.75, 3.05) is 6.54 Å². The van der Waals surface area contributed by atoms with Crippen LogP contribution >= 0.6 is 0 Å². The van der Waals surface area contributed by atoms with E-state index in [9.17, 15) is 4.79 Å². The second-order valence-corrected chi connectivity index (χ2v) is 5.97. The zero-order chi connectivity index (χ0) is 16.3. The number of hydrogen-bond donors (Lipinski definition) is 2. The van der Waals surface area contributed by atoms with Gasteiger partial charge in [-0.1, -0.05) is 19.9 Å². The molecule has 0 fully saturated rings. The number of carbonyl (C=O) groups is 1. The highest BCUT2D eigenvalue weighted by Gasteiger charge is 2.24. The quantitative estimate of drug-likeness (QED) is 0.688. The van der Waals surface area contributed by atoms with Gasteiger partial charge in [-0.25, -0.2) is 4.98 Å². The smallest absolute Gasteiger partial charge is 0.207 e. The fraction of sp³-hybridized carbons (Fsp3) is 0.278. The van der Waals surface area contributed by atoms with Gasteiger partial charge in [0.15, 0.2) is 0 Å². The van der Waals surface area contributed by atoms with E-state index < -0.39 is 0 Å². The summed E-state index contributed by atoms with van der Waals surface area (Å²) < 4.78 is 0. The molecule has 118 valence electrons. The zero-order valence-electron chi connectivity index (χ0n) is 13.3. The molecule has 0 aliphatic heterocycles. The maximum Gasteiger partial charge on any atom is 0.207 e. The number of amides is 1. The lowest BCUT2D eigenvalue weighted by atomic mass is 9.80. The van der Waals surface area contributed by atoms with Gasteiger partial charge in [0.1, 0.15) is 5.82 Å². The van der Waals surface area contributed by atoms with E-state index in [2.05, 4.69) is 46.2 Å². The maximum absolute atomic E-state index is 10.6. The third-order valence-corrected chi connectivity index (χ3v) is 4.49. The van der Waals surface area contributed by atoms with Crippen molar-refractivity contribution in [2.24, 2.45) is 0 Å². The predicted molar refractivity (Wildman–Crippen MR) is 91.0 cm³/mol. The van der Waals surface area contributed by atoms with Gasteiger partial charge in [-0.3, -0.25) is 9.78 Å². The molecule has 2 aromatic heterocycles. The minimum atomic E-state index is -0.100. The number of rotatable bonds is 6. The summed E-state index contributed by atoms with van der Waals surface area (Å²) >= 11 is 0. The summed E-state index contributed by atoms with van der Waals surface area (Å²) in [6.07, 6.45) is 5.20. The number of imidazole rings is 1. The van der Waals surface area contributed by atoms with Crippen LogP contribution in [0.3, 0.4) is 0 Å². The van der Waals surface area contributed by atoms with Crippen LogP contribution in [0.15, 0.2) is 42.7 Å². The molecule has 1 atom stereocenters. The molecule has 5 heteroatoms. The molecular weight excluding hydrogens is 288 g/mol. The van der Waals surface area contributed by atoms with Crippen LogP contribution in [0.5, 0.6) is 0 Å². The summed E-state index contributed by atoms with van der Waals surface area (Å²) in [5.74, 6) is 0.837. The number of carbonyl (C=O) groups excluding carboxylic acids is 1. The van der Waals surface area contributed by atoms with Gasteiger partial charge in [-0.15, -0.1) is 0 Å². The van der Waals surface area contributed by atoms with Crippen molar-refractivity contribution in [1.29, 1.82) is 0 Å². The van der Waals surface area contributed by atoms with Gasteiger partial charge in [0.05, 0.1) is 11.0 Å². The highest BCUT2D eigenvalue weighted by molar-refractivity contribution is 5.80. The Labute approximate surface area is 135 Å². The molecule has 0 aliphatic carbocycles. The molecule has 2 N–H and O–H groups in total. The molecule has 3 aromatic rings. The third kappa shape index (κ3) is 2.95. The van der Waals surface area contributed by atoms with E-state index in [4.69, 9.17) is 0 Å². The summed E-state index contributed by atoms with van der Waals surface area (Å²) in [6, 6.07) is 10.1. The van der Waals surface area contributed by atoms with E-state index in [1.165, 1.54) is 5.56 Å². The Morgan fingerprint density at radius 3 is 2.74 bits per heavy atom. The fourth-order valence-electron chi connectivity index (χ4n) is 2.73. The molecule has 1 unspecified atom stereocenters. The standard InChI is InChI=1S/C18H20N4O/c1-3-18(2,11-20-12-23)14-4-5-15-16(10-14)22-17(21-15)13-6-8-19-9-7-13/h4-10,12H,3,11H2,1-2H3,(H,20,23)(H,21,22). The second kappa shape index (κ2) is 6.20. The van der Waals surface area contributed by atoms with Crippen molar-refractivity contribution in [3.05, 3.63) is 48.3 Å². The minimum Gasteiger partial charge on any atom is -0.358 e. The Hall–Kier alpha value is -2.69. The zero-order valence-corrected chi connectivity index (χ0v) is 13.3. The Morgan fingerprint density at radius 2 is 2.04 bits per heavy atom. The Balaban J connectivity index is 2.00. The Bertz CT molecular complexity index is 812. The number of fused-ring (bicyclic) bond motifs is 1. The van der Waals surface area contributed by atoms with Crippen molar-refractivity contribution in [2.45, 2.75) is 25.7 Å². The topological polar surface area (TPSA) is 70.7 Å². The highest BCUT2D eigenvalue weighted by Crippen LogP contribution is 2.30. The summed E-state index contributed by atoms with van der Waals surface area (Å²) in [4.78, 5) is 22.7. The maximum atomic E-state index is 10.6. The Morgan fingerprint density at radius 1 is 1.26 bits per heavy atom. The lowest BCUT2D eigenvalue weighted by molar-refractivity contribution is -0.109. The number of pyridine rings is 1. The lowest BCUT2D eigenvalue weighted by Gasteiger charge is -2.28. The van der Waals surface area contributed by atoms with Gasteiger partial charge in [-0.2, -0.15) is 0 Å². The highest BCUT2D eigenvalue weighted by atomic mass is 16.1. The van der Waals surface area contributed by atoms with E-state index in [-0.39, 0.29) is 5.41 Å². The molecule has 3 rings (SSSR count). The SMILES string of the molecule is CCC(C)(CNC=O)c1ccc2nc(-c3ccncc3)[nH]c2c1. The summed E-state index contributed by atoms with van der Waals surface area (Å²) in [5, 5.41) is 2.80. The van der Waals surface area contributed by atoms with Crippen molar-refractivity contribution in [3.63, 3.8) is 0 Å². The molecule has 0 saturated carbocycles. The van der Waals surface area contributed by atoms with Crippen LogP contribution in [0, 0.1) is 0 Å². The normalized spacial score (nSPS) is 13.7. The first-order valence-corrected chi connectivity index (χ1v) is 7.74. The number of aromatic amines is 1. The number of nitrogens with one attached hydrogen (secondary N) is 2. The van der Waals surface area contributed by atoms with Gasteiger partial charge in [0.25, 0.3) is 0 Å². The van der Waals surface area contributed by atoms with Gasteiger partial charge >= 0.3 is 0 Å². The van der Waals surface area contributed by atoms with Gasteiger partial charge in [0.2, 0.25) is 6.41 Å². The number of H-pyrrole nitrogens is 1. The van der Waals surface area contributed by atoms with Crippen LogP contribution in [-0.4, -0.2) is 27.9 Å². The molecule has 0 radical (unpaired) electrons. The van der Waals surface area contributed by atoms with Crippen LogP contribution in [0.1, 0.15) is 25.8 Å². The van der Waals surface area contributed by atoms with Gasteiger partial charge in [-0.05, 0) is 36.2 Å². The van der Waals surface area contributed by atoms with Gasteiger partial charge < -0.3 is 10.3 Å². The van der Waals surface area contributed by atoms with E-state index in [1.807, 2.05) is 18.2 Å². The molecular formula is C18H20N4O. The predicted octanol–water partition coefficient (Wildman–Crippen LogP) is 3.04. The second-order valence-electron chi connectivity index (χ2n) is 5.97. The van der Waals surface area contributed by atoms with Crippen molar-refractivity contribution in [1.82, 2.24) is 20.3 Å². The van der Waals surface area contributed by atoms with E-state index >= 15 is 0 Å². The Kier molecular flexibility index (Phi) is 4.10. The van der Waals surface area contributed by atoms with Crippen LogP contribution < -0.4 is 5.32 Å². The fourth-order valence-corrected chi connectivity index (χ4v) is 2.73. The summed E-state index contributed by atoms with van der Waals surface area (Å²) in [6.45, 7) is 4.90.